The molecule has 0 radical (unpaired) electrons. The molecule has 1 aromatic carbocycles. The van der Waals surface area contributed by atoms with Crippen LogP contribution in [0.15, 0.2) is 29.3 Å². The Labute approximate surface area is 179 Å². The molecule has 0 fully saturated rings. The van der Waals surface area contributed by atoms with Gasteiger partial charge in [0.1, 0.15) is 5.82 Å². The third-order valence-corrected chi connectivity index (χ3v) is 4.69. The quantitative estimate of drug-likeness (QED) is 0.378. The molecule has 0 bridgehead atoms. The van der Waals surface area contributed by atoms with Crippen LogP contribution in [-0.4, -0.2) is 39.9 Å². The molecule has 0 saturated carbocycles. The van der Waals surface area contributed by atoms with Gasteiger partial charge in [-0.05, 0) is 32.3 Å². The monoisotopic (exact) mass is 482 g/mol. The van der Waals surface area contributed by atoms with E-state index < -0.39 is 0 Å². The smallest absolute Gasteiger partial charge is 0.191 e. The Kier molecular flexibility index (Phi) is 8.53. The molecule has 1 aliphatic rings. The van der Waals surface area contributed by atoms with Crippen molar-refractivity contribution in [2.45, 2.75) is 59.0 Å². The van der Waals surface area contributed by atoms with Crippen LogP contribution in [0.4, 0.5) is 0 Å². The summed E-state index contributed by atoms with van der Waals surface area (Å²) in [7, 11) is 0. The number of aryl methyl sites for hydroxylation is 3. The van der Waals surface area contributed by atoms with Gasteiger partial charge < -0.3 is 10.6 Å². The van der Waals surface area contributed by atoms with E-state index in [0.29, 0.717) is 6.04 Å². The molecule has 0 saturated heterocycles. The Morgan fingerprint density at radius 1 is 1.26 bits per heavy atom. The van der Waals surface area contributed by atoms with E-state index in [1.165, 1.54) is 11.1 Å². The highest BCUT2D eigenvalue weighted by molar-refractivity contribution is 14.0. The first-order chi connectivity index (χ1) is 12.7. The average molecular weight is 482 g/mol. The molecule has 1 unspecified atom stereocenters. The first kappa shape index (κ1) is 21.7. The van der Waals surface area contributed by atoms with Gasteiger partial charge in [0, 0.05) is 32.0 Å². The summed E-state index contributed by atoms with van der Waals surface area (Å²) in [5.41, 5.74) is 2.62. The van der Waals surface area contributed by atoms with Crippen LogP contribution in [0, 0.1) is 6.92 Å². The number of nitrogens with zero attached hydrogens (tertiary/aromatic N) is 4. The number of hydrogen-bond acceptors (Lipinski definition) is 3. The minimum Gasteiger partial charge on any atom is -0.357 e. The lowest BCUT2D eigenvalue weighted by Crippen LogP contribution is -2.47. The fourth-order valence-corrected chi connectivity index (χ4v) is 3.19. The van der Waals surface area contributed by atoms with E-state index in [1.54, 1.807) is 0 Å². The zero-order chi connectivity index (χ0) is 18.4. The molecule has 148 valence electrons. The fraction of sp³-hybridized carbons (Fsp3) is 0.550. The minimum absolute atomic E-state index is 0. The number of fused-ring (bicyclic) bond motifs is 1. The first-order valence-corrected chi connectivity index (χ1v) is 9.71. The molecule has 27 heavy (non-hydrogen) atoms. The summed E-state index contributed by atoms with van der Waals surface area (Å²) in [6, 6.07) is 9.02. The lowest BCUT2D eigenvalue weighted by atomic mass is 10.1. The number of aliphatic imine (C=N–C) groups is 1. The number of hydrogen-bond donors (Lipinski definition) is 2. The normalized spacial score (nSPS) is 16.4. The lowest BCUT2D eigenvalue weighted by molar-refractivity contribution is 0.392. The third-order valence-electron chi connectivity index (χ3n) is 4.69. The Bertz CT molecular complexity index is 737. The predicted molar refractivity (Wildman–Crippen MR) is 121 cm³/mol. The standard InChI is InChI=1S/C20H30N6.HI/c1-4-18-24-19-11-10-17(14-26(19)25-18)23-20(21-5-2)22-13-12-16-8-6-15(3)7-9-16;/h6-9,17H,4-5,10-14H2,1-3H3,(H2,21,22,23);1H. The van der Waals surface area contributed by atoms with Gasteiger partial charge in [0.2, 0.25) is 0 Å². The molecule has 7 heteroatoms. The number of aromatic nitrogens is 3. The Morgan fingerprint density at radius 2 is 2.04 bits per heavy atom. The maximum Gasteiger partial charge on any atom is 0.191 e. The van der Waals surface area contributed by atoms with Gasteiger partial charge in [0.15, 0.2) is 11.8 Å². The predicted octanol–water partition coefficient (Wildman–Crippen LogP) is 2.88. The molecule has 1 atom stereocenters. The van der Waals surface area contributed by atoms with Gasteiger partial charge in [-0.2, -0.15) is 5.10 Å². The van der Waals surface area contributed by atoms with Crippen molar-refractivity contribution >= 4 is 29.9 Å². The van der Waals surface area contributed by atoms with Gasteiger partial charge in [-0.1, -0.05) is 36.8 Å². The van der Waals surface area contributed by atoms with Crippen LogP contribution in [-0.2, 0) is 25.8 Å². The van der Waals surface area contributed by atoms with Crippen molar-refractivity contribution in [1.82, 2.24) is 25.4 Å². The molecule has 2 N–H and O–H groups in total. The van der Waals surface area contributed by atoms with E-state index in [0.717, 1.165) is 62.9 Å². The third kappa shape index (κ3) is 6.19. The van der Waals surface area contributed by atoms with E-state index in [1.807, 2.05) is 0 Å². The summed E-state index contributed by atoms with van der Waals surface area (Å²) in [5, 5.41) is 11.5. The highest BCUT2D eigenvalue weighted by Crippen LogP contribution is 2.13. The maximum atomic E-state index is 4.75. The van der Waals surface area contributed by atoms with Crippen molar-refractivity contribution in [2.24, 2.45) is 4.99 Å². The van der Waals surface area contributed by atoms with E-state index >= 15 is 0 Å². The zero-order valence-electron chi connectivity index (χ0n) is 16.5. The van der Waals surface area contributed by atoms with Crippen LogP contribution in [0.1, 0.15) is 43.0 Å². The van der Waals surface area contributed by atoms with Crippen LogP contribution in [0.3, 0.4) is 0 Å². The second kappa shape index (κ2) is 10.6. The Hall–Kier alpha value is -1.64. The number of guanidine groups is 1. The Balaban J connectivity index is 0.00000261. The topological polar surface area (TPSA) is 67.1 Å². The van der Waals surface area contributed by atoms with Crippen molar-refractivity contribution in [1.29, 1.82) is 0 Å². The van der Waals surface area contributed by atoms with Crippen molar-refractivity contribution in [3.63, 3.8) is 0 Å². The van der Waals surface area contributed by atoms with Crippen molar-refractivity contribution < 1.29 is 0 Å². The molecule has 0 spiro atoms. The summed E-state index contributed by atoms with van der Waals surface area (Å²) in [5.74, 6) is 2.95. The van der Waals surface area contributed by atoms with E-state index in [4.69, 9.17) is 4.99 Å². The summed E-state index contributed by atoms with van der Waals surface area (Å²) in [4.78, 5) is 9.34. The van der Waals surface area contributed by atoms with Gasteiger partial charge in [0.25, 0.3) is 0 Å². The van der Waals surface area contributed by atoms with Gasteiger partial charge in [-0.15, -0.1) is 24.0 Å². The molecule has 0 aliphatic carbocycles. The molecular weight excluding hydrogens is 451 g/mol. The molecule has 3 rings (SSSR count). The number of nitrogens with one attached hydrogen (secondary N) is 2. The molecule has 0 amide bonds. The van der Waals surface area contributed by atoms with Crippen LogP contribution < -0.4 is 10.6 Å². The van der Waals surface area contributed by atoms with E-state index in [-0.39, 0.29) is 24.0 Å². The lowest BCUT2D eigenvalue weighted by Gasteiger charge is -2.25. The summed E-state index contributed by atoms with van der Waals surface area (Å²) in [6.07, 6.45) is 3.87. The van der Waals surface area contributed by atoms with Gasteiger partial charge in [-0.25, -0.2) is 9.67 Å². The van der Waals surface area contributed by atoms with Crippen molar-refractivity contribution in [3.8, 4) is 0 Å². The molecule has 2 aromatic rings. The van der Waals surface area contributed by atoms with Gasteiger partial charge >= 0.3 is 0 Å². The second-order valence-corrected chi connectivity index (χ2v) is 6.86. The van der Waals surface area contributed by atoms with Crippen LogP contribution >= 0.6 is 24.0 Å². The maximum absolute atomic E-state index is 4.75. The number of halogens is 1. The largest absolute Gasteiger partial charge is 0.357 e. The molecule has 1 aromatic heterocycles. The summed E-state index contributed by atoms with van der Waals surface area (Å²) in [6.45, 7) is 8.80. The first-order valence-electron chi connectivity index (χ1n) is 9.71. The van der Waals surface area contributed by atoms with Crippen molar-refractivity contribution in [3.05, 3.63) is 47.0 Å². The van der Waals surface area contributed by atoms with Gasteiger partial charge in [0.05, 0.1) is 6.54 Å². The molecule has 6 nitrogen and oxygen atoms in total. The van der Waals surface area contributed by atoms with Crippen LogP contribution in [0.5, 0.6) is 0 Å². The number of benzene rings is 1. The number of rotatable bonds is 6. The average Bonchev–Trinajstić information content (AvgIpc) is 3.06. The minimum atomic E-state index is 0. The highest BCUT2D eigenvalue weighted by atomic mass is 127. The Morgan fingerprint density at radius 3 is 2.74 bits per heavy atom. The van der Waals surface area contributed by atoms with Gasteiger partial charge in [-0.3, -0.25) is 4.99 Å². The zero-order valence-corrected chi connectivity index (χ0v) is 18.9. The molecule has 2 heterocycles. The second-order valence-electron chi connectivity index (χ2n) is 6.86. The van der Waals surface area contributed by atoms with Crippen LogP contribution in [0.2, 0.25) is 0 Å². The van der Waals surface area contributed by atoms with E-state index in [9.17, 15) is 0 Å². The van der Waals surface area contributed by atoms with Crippen LogP contribution in [0.25, 0.3) is 0 Å². The summed E-state index contributed by atoms with van der Waals surface area (Å²) >= 11 is 0. The summed E-state index contributed by atoms with van der Waals surface area (Å²) < 4.78 is 2.05. The highest BCUT2D eigenvalue weighted by Gasteiger charge is 2.21. The molecular formula is C20H31IN6. The van der Waals surface area contributed by atoms with Crippen molar-refractivity contribution in [2.75, 3.05) is 13.1 Å². The van der Waals surface area contributed by atoms with E-state index in [2.05, 4.69) is 70.4 Å². The fourth-order valence-electron chi connectivity index (χ4n) is 3.19. The SMILES string of the molecule is CCNC(=NCCc1ccc(C)cc1)NC1CCc2nc(CC)nn2C1.I. The molecule has 1 aliphatic heterocycles.